The van der Waals surface area contributed by atoms with Gasteiger partial charge in [0.15, 0.2) is 5.82 Å². The fraction of sp³-hybridized carbons (Fsp3) is 0.500. The van der Waals surface area contributed by atoms with Gasteiger partial charge in [0.05, 0.1) is 6.54 Å². The van der Waals surface area contributed by atoms with Crippen LogP contribution in [0.25, 0.3) is 0 Å². The minimum Gasteiger partial charge on any atom is -0.465 e. The summed E-state index contributed by atoms with van der Waals surface area (Å²) in [7, 11) is 0. The number of nitrogens with zero attached hydrogens (tertiary/aromatic N) is 5. The van der Waals surface area contributed by atoms with E-state index < -0.39 is 41.9 Å². The molecule has 2 aromatic heterocycles. The average molecular weight is 473 g/mol. The zero-order valence-corrected chi connectivity index (χ0v) is 19.0. The van der Waals surface area contributed by atoms with Crippen LogP contribution in [0.4, 0.5) is 10.6 Å². The van der Waals surface area contributed by atoms with Crippen LogP contribution < -0.4 is 20.9 Å². The van der Waals surface area contributed by atoms with Gasteiger partial charge < -0.3 is 21.1 Å². The Labute approximate surface area is 194 Å². The number of hydrogen-bond acceptors (Lipinski definition) is 8. The number of carbonyl (C=O) groups excluding carboxylic acids is 3. The molecule has 3 heterocycles. The molecule has 14 heteroatoms. The third-order valence-electron chi connectivity index (χ3n) is 5.67. The van der Waals surface area contributed by atoms with E-state index in [1.165, 1.54) is 18.0 Å². The first kappa shape index (κ1) is 24.5. The second-order valence-corrected chi connectivity index (χ2v) is 8.00. The number of rotatable bonds is 9. The summed E-state index contributed by atoms with van der Waals surface area (Å²) in [4.78, 5) is 55.8. The first-order valence-electron chi connectivity index (χ1n) is 10.8. The van der Waals surface area contributed by atoms with Crippen LogP contribution in [0.2, 0.25) is 0 Å². The number of tetrazole rings is 1. The lowest BCUT2D eigenvalue weighted by molar-refractivity contribution is -0.130. The second kappa shape index (κ2) is 10.7. The molecule has 34 heavy (non-hydrogen) atoms. The van der Waals surface area contributed by atoms with Crippen molar-refractivity contribution >= 4 is 29.6 Å². The molecular weight excluding hydrogens is 446 g/mol. The molecule has 0 bridgehead atoms. The quantitative estimate of drug-likeness (QED) is 0.314. The highest BCUT2D eigenvalue weighted by molar-refractivity contribution is 6.06. The Morgan fingerprint density at radius 1 is 1.26 bits per heavy atom. The van der Waals surface area contributed by atoms with Gasteiger partial charge in [-0.3, -0.25) is 19.3 Å². The lowest BCUT2D eigenvalue weighted by Crippen LogP contribution is -2.57. The van der Waals surface area contributed by atoms with Crippen LogP contribution in [0.15, 0.2) is 18.3 Å². The fourth-order valence-electron chi connectivity index (χ4n) is 3.67. The van der Waals surface area contributed by atoms with E-state index in [0.29, 0.717) is 17.8 Å². The number of amides is 4. The van der Waals surface area contributed by atoms with Gasteiger partial charge in [-0.05, 0) is 24.5 Å². The van der Waals surface area contributed by atoms with Gasteiger partial charge in [-0.1, -0.05) is 31.5 Å². The van der Waals surface area contributed by atoms with Gasteiger partial charge in [-0.2, -0.15) is 5.21 Å². The number of nitrogens with one attached hydrogen (secondary N) is 4. The highest BCUT2D eigenvalue weighted by atomic mass is 16.4. The predicted octanol–water partition coefficient (Wildman–Crippen LogP) is -0.644. The van der Waals surface area contributed by atoms with Crippen molar-refractivity contribution in [3.63, 3.8) is 0 Å². The maximum Gasteiger partial charge on any atom is 0.405 e. The number of aromatic nitrogens is 5. The first-order valence-corrected chi connectivity index (χ1v) is 10.8. The summed E-state index contributed by atoms with van der Waals surface area (Å²) in [6.45, 7) is 5.05. The number of anilines is 1. The summed E-state index contributed by atoms with van der Waals surface area (Å²) in [6, 6.07) is 0.506. The molecule has 1 aliphatic heterocycles. The number of carboxylic acid groups (broad SMARTS) is 1. The third kappa shape index (κ3) is 5.44. The Hall–Kier alpha value is -4.10. The molecular formula is C20H27N9O5. The highest BCUT2D eigenvalue weighted by Gasteiger charge is 2.41. The summed E-state index contributed by atoms with van der Waals surface area (Å²) >= 11 is 0. The van der Waals surface area contributed by atoms with E-state index in [0.717, 1.165) is 0 Å². The largest absolute Gasteiger partial charge is 0.465 e. The first-order chi connectivity index (χ1) is 16.2. The Bertz CT molecular complexity index is 1040. The van der Waals surface area contributed by atoms with Crippen molar-refractivity contribution in [2.45, 2.75) is 58.3 Å². The summed E-state index contributed by atoms with van der Waals surface area (Å²) in [5.74, 6) is -1.31. The van der Waals surface area contributed by atoms with E-state index in [1.54, 1.807) is 19.1 Å². The number of hydrogen-bond donors (Lipinski definition) is 5. The normalized spacial score (nSPS) is 17.3. The van der Waals surface area contributed by atoms with Crippen molar-refractivity contribution in [3.05, 3.63) is 29.7 Å². The van der Waals surface area contributed by atoms with E-state index in [4.69, 9.17) is 5.11 Å². The van der Waals surface area contributed by atoms with Crippen LogP contribution in [0.5, 0.6) is 0 Å². The molecule has 0 radical (unpaired) electrons. The van der Waals surface area contributed by atoms with E-state index >= 15 is 0 Å². The van der Waals surface area contributed by atoms with Gasteiger partial charge in [-0.25, -0.2) is 9.78 Å². The Balaban J connectivity index is 1.76. The molecule has 0 spiro atoms. The number of fused-ring (bicyclic) bond motifs is 1. The molecule has 0 saturated heterocycles. The Kier molecular flexibility index (Phi) is 7.71. The molecule has 0 aromatic carbocycles. The maximum atomic E-state index is 13.4. The lowest BCUT2D eigenvalue weighted by atomic mass is 9.98. The number of H-pyrrole nitrogens is 1. The maximum absolute atomic E-state index is 13.4. The average Bonchev–Trinajstić information content (AvgIpc) is 3.47. The van der Waals surface area contributed by atoms with Gasteiger partial charge in [0.1, 0.15) is 23.9 Å². The molecule has 1 unspecified atom stereocenters. The van der Waals surface area contributed by atoms with Crippen molar-refractivity contribution < 1.29 is 24.3 Å². The standard InChI is InChI=1S/C20H27N9O5/c1-4-10(2)15(24-20(33)34)18(31)23-11(3)19(32)29-13(8-12-6-5-7-21-16(12)29)17(30)22-9-14-25-27-28-26-14/h5-7,10-11,13,15,24H,4,8-9H2,1-3H3,(H,22,30)(H,23,31)(H,33,34)(H,25,26,27,28)/t10-,11+,13-,15?/m0/s1. The molecule has 0 aliphatic carbocycles. The highest BCUT2D eigenvalue weighted by Crippen LogP contribution is 2.30. The SMILES string of the molecule is CC[C@H](C)C(NC(=O)O)C(=O)N[C@H](C)C(=O)N1c2ncccc2C[C@H]1C(=O)NCc1nn[nH]n1. The van der Waals surface area contributed by atoms with E-state index in [9.17, 15) is 19.2 Å². The van der Waals surface area contributed by atoms with Crippen LogP contribution >= 0.6 is 0 Å². The van der Waals surface area contributed by atoms with Crippen LogP contribution in [0, 0.1) is 5.92 Å². The van der Waals surface area contributed by atoms with Crippen molar-refractivity contribution in [1.29, 1.82) is 0 Å². The van der Waals surface area contributed by atoms with Crippen molar-refractivity contribution in [2.75, 3.05) is 4.90 Å². The van der Waals surface area contributed by atoms with Gasteiger partial charge in [0, 0.05) is 12.6 Å². The Morgan fingerprint density at radius 3 is 2.68 bits per heavy atom. The number of pyridine rings is 1. The molecule has 14 nitrogen and oxygen atoms in total. The van der Waals surface area contributed by atoms with Gasteiger partial charge in [0.25, 0.3) is 5.91 Å². The summed E-state index contributed by atoms with van der Waals surface area (Å²) < 4.78 is 0. The van der Waals surface area contributed by atoms with Gasteiger partial charge in [0.2, 0.25) is 11.8 Å². The molecule has 1 aliphatic rings. The summed E-state index contributed by atoms with van der Waals surface area (Å²) in [5.41, 5.74) is 0.708. The zero-order chi connectivity index (χ0) is 24.8. The number of carbonyl (C=O) groups is 4. The molecule has 5 N–H and O–H groups in total. The molecule has 2 aromatic rings. The Morgan fingerprint density at radius 2 is 2.03 bits per heavy atom. The van der Waals surface area contributed by atoms with Crippen LogP contribution in [0.3, 0.4) is 0 Å². The monoisotopic (exact) mass is 473 g/mol. The van der Waals surface area contributed by atoms with E-state index in [2.05, 4.69) is 41.6 Å². The van der Waals surface area contributed by atoms with Gasteiger partial charge >= 0.3 is 6.09 Å². The van der Waals surface area contributed by atoms with E-state index in [1.807, 2.05) is 6.92 Å². The smallest absolute Gasteiger partial charge is 0.405 e. The number of aromatic amines is 1. The zero-order valence-electron chi connectivity index (χ0n) is 19.0. The molecule has 0 saturated carbocycles. The summed E-state index contributed by atoms with van der Waals surface area (Å²) in [6.07, 6.45) is 0.962. The minimum atomic E-state index is -1.34. The third-order valence-corrected chi connectivity index (χ3v) is 5.67. The molecule has 182 valence electrons. The molecule has 0 fully saturated rings. The molecule has 4 amide bonds. The topological polar surface area (TPSA) is 195 Å². The molecule has 4 atom stereocenters. The van der Waals surface area contributed by atoms with Gasteiger partial charge in [-0.15, -0.1) is 10.2 Å². The fourth-order valence-corrected chi connectivity index (χ4v) is 3.67. The molecule has 3 rings (SSSR count). The van der Waals surface area contributed by atoms with Crippen molar-refractivity contribution in [1.82, 2.24) is 41.6 Å². The predicted molar refractivity (Wildman–Crippen MR) is 117 cm³/mol. The minimum absolute atomic E-state index is 0.0152. The van der Waals surface area contributed by atoms with Crippen LogP contribution in [-0.2, 0) is 27.3 Å². The van der Waals surface area contributed by atoms with Crippen molar-refractivity contribution in [2.24, 2.45) is 5.92 Å². The lowest BCUT2D eigenvalue weighted by Gasteiger charge is -2.28. The van der Waals surface area contributed by atoms with E-state index in [-0.39, 0.29) is 24.7 Å². The summed E-state index contributed by atoms with van der Waals surface area (Å²) in [5, 5.41) is 29.8. The van der Waals surface area contributed by atoms with Crippen LogP contribution in [0.1, 0.15) is 38.6 Å². The second-order valence-electron chi connectivity index (χ2n) is 8.00. The van der Waals surface area contributed by atoms with Crippen LogP contribution in [-0.4, -0.2) is 72.7 Å². The van der Waals surface area contributed by atoms with Crippen molar-refractivity contribution in [3.8, 4) is 0 Å².